The molecule has 1 aliphatic rings. The molecule has 0 spiro atoms. The number of unbranched alkanes of at least 4 members (excludes halogenated alkanes) is 9. The summed E-state index contributed by atoms with van der Waals surface area (Å²) in [7, 11) is 0. The number of ether oxygens (including phenoxy) is 2. The summed E-state index contributed by atoms with van der Waals surface area (Å²) in [6.45, 7) is 7.90. The third-order valence-electron chi connectivity index (χ3n) is 6.21. The van der Waals surface area contributed by atoms with Crippen LogP contribution < -0.4 is 4.74 Å². The van der Waals surface area contributed by atoms with Crippen LogP contribution in [0.5, 0.6) is 5.75 Å². The fourth-order valence-corrected chi connectivity index (χ4v) is 3.75. The van der Waals surface area contributed by atoms with Crippen LogP contribution in [0.15, 0.2) is 41.3 Å². The van der Waals surface area contributed by atoms with Gasteiger partial charge in [-0.1, -0.05) is 97.1 Å². The van der Waals surface area contributed by atoms with E-state index >= 15 is 0 Å². The Kier molecular flexibility index (Phi) is 13.1. The van der Waals surface area contributed by atoms with Gasteiger partial charge in [0.25, 0.3) is 0 Å². The number of rotatable bonds is 17. The first-order valence-electron chi connectivity index (χ1n) is 13.0. The lowest BCUT2D eigenvalue weighted by Crippen LogP contribution is -2.24. The molecule has 1 unspecified atom stereocenters. The average molecular weight is 454 g/mol. The quantitative estimate of drug-likeness (QED) is 0.179. The second kappa shape index (κ2) is 16.2. The maximum atomic E-state index is 9.58. The van der Waals surface area contributed by atoms with Crippen molar-refractivity contribution in [2.45, 2.75) is 97.4 Å². The van der Waals surface area contributed by atoms with Crippen LogP contribution in [0.3, 0.4) is 0 Å². The molecule has 0 aromatic heterocycles. The Bertz CT molecular complexity index is 751. The summed E-state index contributed by atoms with van der Waals surface area (Å²) >= 11 is 0. The molecule has 2 atom stereocenters. The van der Waals surface area contributed by atoms with Gasteiger partial charge in [0.15, 0.2) is 6.19 Å². The summed E-state index contributed by atoms with van der Waals surface area (Å²) in [6.07, 6.45) is 20.0. The number of benzene rings is 1. The van der Waals surface area contributed by atoms with Gasteiger partial charge < -0.3 is 9.47 Å². The van der Waals surface area contributed by atoms with Crippen molar-refractivity contribution in [1.82, 2.24) is 4.90 Å². The third kappa shape index (κ3) is 10.3. The summed E-state index contributed by atoms with van der Waals surface area (Å²) < 4.78 is 11.6. The number of hydrogen-bond acceptors (Lipinski definition) is 5. The van der Waals surface area contributed by atoms with Crippen molar-refractivity contribution in [3.05, 3.63) is 41.9 Å². The van der Waals surface area contributed by atoms with E-state index < -0.39 is 0 Å². The second-order valence-electron chi connectivity index (χ2n) is 9.12. The highest BCUT2D eigenvalue weighted by atomic mass is 16.5. The molecule has 1 aromatic rings. The van der Waals surface area contributed by atoms with E-state index in [2.05, 4.69) is 32.0 Å². The predicted octanol–water partition coefficient (Wildman–Crippen LogP) is 7.76. The molecule has 5 heteroatoms. The van der Waals surface area contributed by atoms with E-state index in [0.29, 0.717) is 18.4 Å². The van der Waals surface area contributed by atoms with Gasteiger partial charge in [0, 0.05) is 6.21 Å². The Morgan fingerprint density at radius 2 is 1.58 bits per heavy atom. The minimum Gasteiger partial charge on any atom is -0.494 e. The monoisotopic (exact) mass is 453 g/mol. The summed E-state index contributed by atoms with van der Waals surface area (Å²) in [4.78, 5) is 6.00. The van der Waals surface area contributed by atoms with E-state index in [0.717, 1.165) is 30.8 Å². The molecule has 1 aliphatic heterocycles. The highest BCUT2D eigenvalue weighted by Gasteiger charge is 2.21. The maximum Gasteiger partial charge on any atom is 0.230 e. The zero-order chi connectivity index (χ0) is 23.7. The molecule has 33 heavy (non-hydrogen) atoms. The van der Waals surface area contributed by atoms with Gasteiger partial charge in [-0.15, -0.1) is 0 Å². The van der Waals surface area contributed by atoms with Crippen molar-refractivity contribution in [2.24, 2.45) is 10.9 Å². The Balaban J connectivity index is 1.67. The van der Waals surface area contributed by atoms with Gasteiger partial charge >= 0.3 is 0 Å². The van der Waals surface area contributed by atoms with E-state index in [9.17, 15) is 5.26 Å². The third-order valence-corrected chi connectivity index (χ3v) is 6.21. The van der Waals surface area contributed by atoms with E-state index in [1.165, 1.54) is 57.8 Å². The molecule has 0 N–H and O–H groups in total. The van der Waals surface area contributed by atoms with Gasteiger partial charge in [-0.25, -0.2) is 4.99 Å². The predicted molar refractivity (Wildman–Crippen MR) is 136 cm³/mol. The standard InChI is InChI=1S/C28H43N3O2/c1-4-6-7-8-9-10-11-12-13-14-19-32-26-17-15-25(16-18-26)27-20-30-28(21-31(27)23-29)33-22-24(3)5-2/h15-18,20-21,24,27H,4-14,19,22H2,1-3H3/t24-,27?/m0/s1. The lowest BCUT2D eigenvalue weighted by Gasteiger charge is -2.25. The molecule has 0 saturated carbocycles. The van der Waals surface area contributed by atoms with Gasteiger partial charge in [-0.2, -0.15) is 5.26 Å². The van der Waals surface area contributed by atoms with E-state index in [1.807, 2.05) is 24.3 Å². The molecule has 2 rings (SSSR count). The first-order chi connectivity index (χ1) is 16.2. The largest absolute Gasteiger partial charge is 0.494 e. The van der Waals surface area contributed by atoms with Crippen molar-refractivity contribution in [3.8, 4) is 11.9 Å². The molecule has 0 radical (unpaired) electrons. The molecular weight excluding hydrogens is 410 g/mol. The number of aliphatic imine (C=N–C) groups is 1. The van der Waals surface area contributed by atoms with E-state index in [4.69, 9.17) is 9.47 Å². The fourth-order valence-electron chi connectivity index (χ4n) is 3.75. The number of nitrogens with zero attached hydrogens (tertiary/aromatic N) is 3. The zero-order valence-electron chi connectivity index (χ0n) is 21.0. The van der Waals surface area contributed by atoms with Crippen LogP contribution in [0, 0.1) is 17.4 Å². The first kappa shape index (κ1) is 26.8. The zero-order valence-corrected chi connectivity index (χ0v) is 21.0. The number of hydrogen-bond donors (Lipinski definition) is 0. The molecule has 0 saturated heterocycles. The van der Waals surface area contributed by atoms with Crippen LogP contribution in [0.2, 0.25) is 0 Å². The lowest BCUT2D eigenvalue weighted by molar-refractivity contribution is 0.161. The van der Waals surface area contributed by atoms with Crippen molar-refractivity contribution in [2.75, 3.05) is 13.2 Å². The van der Waals surface area contributed by atoms with Gasteiger partial charge in [0.2, 0.25) is 5.88 Å². The van der Waals surface area contributed by atoms with Crippen molar-refractivity contribution in [1.29, 1.82) is 5.26 Å². The van der Waals surface area contributed by atoms with E-state index in [1.54, 1.807) is 17.3 Å². The topological polar surface area (TPSA) is 57.9 Å². The molecule has 5 nitrogen and oxygen atoms in total. The van der Waals surface area contributed by atoms with Crippen LogP contribution >= 0.6 is 0 Å². The molecule has 0 amide bonds. The van der Waals surface area contributed by atoms with Crippen molar-refractivity contribution < 1.29 is 9.47 Å². The molecule has 182 valence electrons. The SMILES string of the molecule is CCCCCCCCCCCCOc1ccc(C2C=NC(OC[C@@H](C)CC)=CN2C#N)cc1. The van der Waals surface area contributed by atoms with Crippen LogP contribution in [-0.4, -0.2) is 24.3 Å². The van der Waals surface area contributed by atoms with Gasteiger partial charge in [-0.3, -0.25) is 4.90 Å². The first-order valence-corrected chi connectivity index (χ1v) is 13.0. The normalized spacial score (nSPS) is 16.2. The Morgan fingerprint density at radius 3 is 2.18 bits per heavy atom. The van der Waals surface area contributed by atoms with Crippen LogP contribution in [0.25, 0.3) is 0 Å². The van der Waals surface area contributed by atoms with E-state index in [-0.39, 0.29) is 6.04 Å². The Hall–Kier alpha value is -2.48. The summed E-state index contributed by atoms with van der Waals surface area (Å²) in [5.41, 5.74) is 1.00. The molecule has 1 heterocycles. The van der Waals surface area contributed by atoms with Gasteiger partial charge in [0.1, 0.15) is 11.8 Å². The molecular formula is C28H43N3O2. The Morgan fingerprint density at radius 1 is 0.939 bits per heavy atom. The summed E-state index contributed by atoms with van der Waals surface area (Å²) in [5, 5.41) is 9.58. The van der Waals surface area contributed by atoms with Crippen LogP contribution in [0.4, 0.5) is 0 Å². The van der Waals surface area contributed by atoms with Gasteiger partial charge in [-0.05, 0) is 30.0 Å². The summed E-state index contributed by atoms with van der Waals surface area (Å²) in [5.74, 6) is 1.82. The smallest absolute Gasteiger partial charge is 0.230 e. The van der Waals surface area contributed by atoms with Crippen LogP contribution in [-0.2, 0) is 4.74 Å². The fraction of sp³-hybridized carbons (Fsp3) is 0.643. The Labute approximate surface area is 201 Å². The highest BCUT2D eigenvalue weighted by molar-refractivity contribution is 5.70. The molecule has 0 bridgehead atoms. The molecule has 0 aliphatic carbocycles. The summed E-state index contributed by atoms with van der Waals surface area (Å²) in [6, 6.07) is 7.75. The molecule has 0 fully saturated rings. The lowest BCUT2D eigenvalue weighted by atomic mass is 10.1. The second-order valence-corrected chi connectivity index (χ2v) is 9.12. The van der Waals surface area contributed by atoms with Gasteiger partial charge in [0.05, 0.1) is 19.4 Å². The average Bonchev–Trinajstić information content (AvgIpc) is 2.86. The molecule has 1 aromatic carbocycles. The van der Waals surface area contributed by atoms with Crippen molar-refractivity contribution in [3.63, 3.8) is 0 Å². The van der Waals surface area contributed by atoms with Crippen LogP contribution in [0.1, 0.15) is 103 Å². The minimum atomic E-state index is -0.220. The maximum absolute atomic E-state index is 9.58. The highest BCUT2D eigenvalue weighted by Crippen LogP contribution is 2.26. The minimum absolute atomic E-state index is 0.220. The number of nitriles is 1. The van der Waals surface area contributed by atoms with Crippen molar-refractivity contribution >= 4 is 6.21 Å².